The van der Waals surface area contributed by atoms with E-state index in [2.05, 4.69) is 41.5 Å². The van der Waals surface area contributed by atoms with Crippen LogP contribution in [0.25, 0.3) is 0 Å². The summed E-state index contributed by atoms with van der Waals surface area (Å²) in [6, 6.07) is 26.5. The van der Waals surface area contributed by atoms with E-state index in [1.54, 1.807) is 24.3 Å². The Hall–Kier alpha value is -5.46. The smallest absolute Gasteiger partial charge is 0.338 e. The van der Waals surface area contributed by atoms with Crippen molar-refractivity contribution in [2.45, 2.75) is 363 Å². The van der Waals surface area contributed by atoms with Crippen molar-refractivity contribution in [2.75, 3.05) is 66.1 Å². The van der Waals surface area contributed by atoms with Gasteiger partial charge in [-0.3, -0.25) is 0 Å². The van der Waals surface area contributed by atoms with Crippen LogP contribution in [0.1, 0.15) is 382 Å². The van der Waals surface area contributed by atoms with E-state index in [0.29, 0.717) is 73.8 Å². The molecule has 0 unspecified atom stereocenters. The summed E-state index contributed by atoms with van der Waals surface area (Å²) < 4.78 is 64.7. The maximum absolute atomic E-state index is 14.4. The Bertz CT molecular complexity index is 2480. The van der Waals surface area contributed by atoms with Crippen molar-refractivity contribution in [1.29, 1.82) is 0 Å². The molecule has 0 aliphatic heterocycles. The van der Waals surface area contributed by atoms with Crippen LogP contribution in [0.15, 0.2) is 84.9 Å². The summed E-state index contributed by atoms with van der Waals surface area (Å²) in [7, 11) is 0. The number of benzene rings is 4. The highest BCUT2D eigenvalue weighted by Crippen LogP contribution is 2.33. The number of carbonyl (C=O) groups excluding carboxylic acids is 2. The average Bonchev–Trinajstić information content (AvgIpc) is 0.846. The number of ether oxygens (including phenoxy) is 10. The van der Waals surface area contributed by atoms with Crippen molar-refractivity contribution in [3.63, 3.8) is 0 Å². The van der Waals surface area contributed by atoms with Crippen molar-refractivity contribution < 1.29 is 57.0 Å². The molecule has 12 heteroatoms. The lowest BCUT2D eigenvalue weighted by Crippen LogP contribution is -2.43. The molecule has 12 nitrogen and oxygen atoms in total. The van der Waals surface area contributed by atoms with Gasteiger partial charge in [-0.1, -0.05) is 323 Å². The molecule has 0 aliphatic rings. The first-order valence-corrected chi connectivity index (χ1v) is 43.5. The van der Waals surface area contributed by atoms with Gasteiger partial charge in [-0.2, -0.15) is 0 Å². The molecule has 0 fully saturated rings. The van der Waals surface area contributed by atoms with Crippen LogP contribution in [0.3, 0.4) is 0 Å². The Morgan fingerprint density at radius 2 is 0.476 bits per heavy atom. The molecule has 0 aromatic heterocycles. The van der Waals surface area contributed by atoms with Gasteiger partial charge in [0.15, 0.2) is 23.0 Å². The van der Waals surface area contributed by atoms with Crippen molar-refractivity contribution >= 4 is 11.9 Å². The minimum atomic E-state index is -1.19. The number of esters is 2. The number of unbranched alkanes of at least 4 members (excludes halogenated alkanes) is 42. The Labute approximate surface area is 641 Å². The molecule has 0 aliphatic carbocycles. The van der Waals surface area contributed by atoms with Crippen LogP contribution in [0.5, 0.6) is 34.5 Å². The predicted molar refractivity (Wildman–Crippen MR) is 437 cm³/mol. The van der Waals surface area contributed by atoms with Crippen LogP contribution < -0.4 is 28.4 Å². The van der Waals surface area contributed by atoms with Gasteiger partial charge in [0.25, 0.3) is 0 Å². The van der Waals surface area contributed by atoms with E-state index in [4.69, 9.17) is 47.4 Å². The van der Waals surface area contributed by atoms with Crippen LogP contribution >= 0.6 is 0 Å². The van der Waals surface area contributed by atoms with E-state index in [1.807, 2.05) is 60.7 Å². The third-order valence-electron chi connectivity index (χ3n) is 20.1. The largest absolute Gasteiger partial charge is 0.494 e. The molecule has 0 bridgehead atoms. The summed E-state index contributed by atoms with van der Waals surface area (Å²) in [5.41, 5.74) is 1.35. The predicted octanol–water partition coefficient (Wildman–Crippen LogP) is 27.2. The minimum absolute atomic E-state index is 0.00816. The van der Waals surface area contributed by atoms with Gasteiger partial charge in [0, 0.05) is 0 Å². The quantitative estimate of drug-likeness (QED) is 0.0308. The Morgan fingerprint density at radius 3 is 0.733 bits per heavy atom. The fourth-order valence-corrected chi connectivity index (χ4v) is 13.3. The molecule has 596 valence electrons. The number of hydrogen-bond donors (Lipinski definition) is 0. The second kappa shape index (κ2) is 64.5. The zero-order chi connectivity index (χ0) is 74.8. The van der Waals surface area contributed by atoms with E-state index in [1.165, 1.54) is 231 Å². The molecule has 0 saturated heterocycles. The summed E-state index contributed by atoms with van der Waals surface area (Å²) >= 11 is 0. The van der Waals surface area contributed by atoms with E-state index in [9.17, 15) is 9.59 Å². The van der Waals surface area contributed by atoms with Crippen LogP contribution in [-0.2, 0) is 32.2 Å². The first-order valence-electron chi connectivity index (χ1n) is 43.5. The summed E-state index contributed by atoms with van der Waals surface area (Å²) in [6.45, 7) is 17.3. The molecule has 0 radical (unpaired) electrons. The fourth-order valence-electron chi connectivity index (χ4n) is 13.3. The molecule has 4 rings (SSSR count). The van der Waals surface area contributed by atoms with Crippen LogP contribution in [0.2, 0.25) is 0 Å². The van der Waals surface area contributed by atoms with Crippen LogP contribution in [0.4, 0.5) is 0 Å². The van der Waals surface area contributed by atoms with Crippen molar-refractivity contribution in [1.82, 2.24) is 0 Å². The lowest BCUT2D eigenvalue weighted by Gasteiger charge is -2.32. The monoisotopic (exact) mass is 1460 g/mol. The maximum Gasteiger partial charge on any atom is 0.338 e. The molecule has 105 heavy (non-hydrogen) atoms. The van der Waals surface area contributed by atoms with Gasteiger partial charge in [-0.05, 0) is 122 Å². The van der Waals surface area contributed by atoms with E-state index >= 15 is 0 Å². The normalized spacial score (nSPS) is 11.5. The Morgan fingerprint density at radius 1 is 0.248 bits per heavy atom. The second-order valence-corrected chi connectivity index (χ2v) is 30.2. The van der Waals surface area contributed by atoms with Gasteiger partial charge < -0.3 is 47.4 Å². The summed E-state index contributed by atoms with van der Waals surface area (Å²) in [6.07, 6.45) is 58.5. The molecule has 0 heterocycles. The summed E-state index contributed by atoms with van der Waals surface area (Å²) in [4.78, 5) is 28.7. The second-order valence-electron chi connectivity index (χ2n) is 30.2. The summed E-state index contributed by atoms with van der Waals surface area (Å²) in [5, 5.41) is 0. The SMILES string of the molecule is CCCCCCCCCCOc1ccc(C(=O)OCC(COCc2ccc(OCCCCCCCCCC)c(OCCCCCCCCCC)c2)(COCc2ccc(OCCCCCCCCCC)c(OCCCCCCCCCC)c2)COC(=O)c2ccc(OCCCCCCCCCC)cc2)cc1. The van der Waals surface area contributed by atoms with E-state index in [-0.39, 0.29) is 39.6 Å². The molecule has 0 amide bonds. The van der Waals surface area contributed by atoms with Crippen LogP contribution in [-0.4, -0.2) is 78.0 Å². The molecule has 0 atom stereocenters. The number of hydrogen-bond acceptors (Lipinski definition) is 12. The zero-order valence-electron chi connectivity index (χ0n) is 67.9. The van der Waals surface area contributed by atoms with Gasteiger partial charge in [-0.15, -0.1) is 0 Å². The highest BCUT2D eigenvalue weighted by Gasteiger charge is 2.36. The van der Waals surface area contributed by atoms with Gasteiger partial charge in [0.1, 0.15) is 24.7 Å². The first kappa shape index (κ1) is 91.9. The first-order chi connectivity index (χ1) is 51.8. The van der Waals surface area contributed by atoms with E-state index < -0.39 is 17.4 Å². The molecule has 4 aromatic carbocycles. The van der Waals surface area contributed by atoms with Crippen LogP contribution in [0, 0.1) is 5.41 Å². The number of carbonyl (C=O) groups is 2. The lowest BCUT2D eigenvalue weighted by molar-refractivity contribution is -0.0917. The van der Waals surface area contributed by atoms with Gasteiger partial charge >= 0.3 is 11.9 Å². The third-order valence-corrected chi connectivity index (χ3v) is 20.1. The van der Waals surface area contributed by atoms with Gasteiger partial charge in [-0.25, -0.2) is 9.59 Å². The zero-order valence-corrected chi connectivity index (χ0v) is 67.9. The van der Waals surface area contributed by atoms with Gasteiger partial charge in [0.2, 0.25) is 0 Å². The number of rotatable bonds is 74. The van der Waals surface area contributed by atoms with Crippen molar-refractivity contribution in [2.24, 2.45) is 5.41 Å². The molecule has 0 spiro atoms. The standard InChI is InChI=1S/C93H152O12/c1-7-13-19-25-31-37-43-49-67-98-85-61-57-83(58-62-85)91(94)104-79-93(80-105-92(95)84-59-63-86(64-60-84)99-68-50-44-38-32-26-20-14-8-2,77-96-75-81-55-65-87(100-69-51-45-39-33-27-21-15-9-3)89(73-81)102-71-53-47-41-35-29-23-17-11-5)78-97-76-82-56-66-88(101-70-52-46-40-34-28-22-16-10-4)90(74-82)103-72-54-48-42-36-30-24-18-12-6/h55-66,73-74H,7-54,67-72,75-80H2,1-6H3. The third kappa shape index (κ3) is 46.5. The highest BCUT2D eigenvalue weighted by molar-refractivity contribution is 5.90. The van der Waals surface area contributed by atoms with Gasteiger partial charge in [0.05, 0.1) is 82.6 Å². The molecule has 4 aromatic rings. The molecule has 0 N–H and O–H groups in total. The topological polar surface area (TPSA) is 126 Å². The van der Waals surface area contributed by atoms with Crippen molar-refractivity contribution in [3.8, 4) is 34.5 Å². The lowest BCUT2D eigenvalue weighted by atomic mass is 9.92. The Balaban J connectivity index is 1.64. The highest BCUT2D eigenvalue weighted by atomic mass is 16.6. The molecular weight excluding hydrogens is 1310 g/mol. The fraction of sp³-hybridized carbons (Fsp3) is 0.720. The Kier molecular flexibility index (Phi) is 56.5. The maximum atomic E-state index is 14.4. The average molecular weight is 1460 g/mol. The minimum Gasteiger partial charge on any atom is -0.494 e. The van der Waals surface area contributed by atoms with Crippen molar-refractivity contribution in [3.05, 3.63) is 107 Å². The molecule has 0 saturated carbocycles. The molecular formula is C93H152O12. The summed E-state index contributed by atoms with van der Waals surface area (Å²) in [5.74, 6) is 3.24. The van der Waals surface area contributed by atoms with E-state index in [0.717, 1.165) is 99.7 Å².